The SMILES string of the molecule is CCn1ccnc1NC(=O)C12CCC(CC1=O)C2(C)C. The molecule has 3 rings (SSSR count). The number of carbonyl (C=O) groups excluding carboxylic acids is 2. The Morgan fingerprint density at radius 3 is 2.85 bits per heavy atom. The highest BCUT2D eigenvalue weighted by Crippen LogP contribution is 2.64. The van der Waals surface area contributed by atoms with Crippen LogP contribution >= 0.6 is 0 Å². The fraction of sp³-hybridized carbons (Fsp3) is 0.667. The standard InChI is InChI=1S/C15H21N3O2/c1-4-18-8-7-16-13(18)17-12(20)15-6-5-10(9-11(15)19)14(15,2)3/h7-8,10H,4-6,9H2,1-3H3,(H,16,17,20). The second-order valence-corrected chi connectivity index (χ2v) is 6.48. The first-order chi connectivity index (χ1) is 9.43. The Morgan fingerprint density at radius 2 is 2.30 bits per heavy atom. The topological polar surface area (TPSA) is 64.0 Å². The summed E-state index contributed by atoms with van der Waals surface area (Å²) >= 11 is 0. The van der Waals surface area contributed by atoms with Crippen LogP contribution in [-0.4, -0.2) is 21.2 Å². The Kier molecular flexibility index (Phi) is 2.78. The molecule has 0 saturated heterocycles. The quantitative estimate of drug-likeness (QED) is 0.860. The van der Waals surface area contributed by atoms with Crippen molar-refractivity contribution in [1.82, 2.24) is 9.55 Å². The van der Waals surface area contributed by atoms with Crippen LogP contribution < -0.4 is 5.32 Å². The van der Waals surface area contributed by atoms with Crippen LogP contribution in [0.5, 0.6) is 0 Å². The number of nitrogens with zero attached hydrogens (tertiary/aromatic N) is 2. The highest BCUT2D eigenvalue weighted by Gasteiger charge is 2.68. The van der Waals surface area contributed by atoms with Gasteiger partial charge < -0.3 is 4.57 Å². The van der Waals surface area contributed by atoms with Gasteiger partial charge in [0.25, 0.3) is 0 Å². The number of fused-ring (bicyclic) bond motifs is 2. The van der Waals surface area contributed by atoms with E-state index >= 15 is 0 Å². The van der Waals surface area contributed by atoms with E-state index in [1.54, 1.807) is 6.20 Å². The predicted octanol–water partition coefficient (Wildman–Crippen LogP) is 2.24. The summed E-state index contributed by atoms with van der Waals surface area (Å²) in [5.41, 5.74) is -1.11. The van der Waals surface area contributed by atoms with Gasteiger partial charge in [-0.25, -0.2) is 4.98 Å². The molecule has 5 heteroatoms. The smallest absolute Gasteiger partial charge is 0.240 e. The van der Waals surface area contributed by atoms with Crippen molar-refractivity contribution in [2.24, 2.45) is 16.7 Å². The van der Waals surface area contributed by atoms with Crippen molar-refractivity contribution in [1.29, 1.82) is 0 Å². The lowest BCUT2D eigenvalue weighted by Crippen LogP contribution is -2.47. The van der Waals surface area contributed by atoms with E-state index in [1.807, 2.05) is 17.7 Å². The second-order valence-electron chi connectivity index (χ2n) is 6.48. The molecule has 0 radical (unpaired) electrons. The van der Waals surface area contributed by atoms with Gasteiger partial charge in [-0.2, -0.15) is 0 Å². The molecule has 0 spiro atoms. The normalized spacial score (nSPS) is 30.8. The van der Waals surface area contributed by atoms with E-state index in [-0.39, 0.29) is 17.1 Å². The van der Waals surface area contributed by atoms with Crippen molar-refractivity contribution in [3.05, 3.63) is 12.4 Å². The van der Waals surface area contributed by atoms with Gasteiger partial charge in [0.15, 0.2) is 0 Å². The molecule has 1 amide bonds. The van der Waals surface area contributed by atoms with Gasteiger partial charge in [-0.15, -0.1) is 0 Å². The second kappa shape index (κ2) is 4.17. The molecule has 0 aliphatic heterocycles. The van der Waals surface area contributed by atoms with Crippen molar-refractivity contribution in [2.45, 2.75) is 46.6 Å². The van der Waals surface area contributed by atoms with Crippen molar-refractivity contribution < 1.29 is 9.59 Å². The van der Waals surface area contributed by atoms with Gasteiger partial charge in [0.05, 0.1) is 0 Å². The zero-order valence-electron chi connectivity index (χ0n) is 12.3. The van der Waals surface area contributed by atoms with E-state index in [2.05, 4.69) is 24.1 Å². The molecule has 2 aliphatic carbocycles. The lowest BCUT2D eigenvalue weighted by atomic mass is 9.68. The average molecular weight is 275 g/mol. The highest BCUT2D eigenvalue weighted by molar-refractivity contribution is 6.13. The molecule has 2 fully saturated rings. The lowest BCUT2D eigenvalue weighted by molar-refractivity contribution is -0.141. The molecule has 0 aromatic carbocycles. The number of nitrogens with one attached hydrogen (secondary N) is 1. The third-order valence-corrected chi connectivity index (χ3v) is 5.57. The number of ketones is 1. The monoisotopic (exact) mass is 275 g/mol. The molecule has 5 nitrogen and oxygen atoms in total. The summed E-state index contributed by atoms with van der Waals surface area (Å²) in [5, 5.41) is 2.88. The van der Waals surface area contributed by atoms with E-state index in [9.17, 15) is 9.59 Å². The van der Waals surface area contributed by atoms with Crippen LogP contribution in [0.25, 0.3) is 0 Å². The highest BCUT2D eigenvalue weighted by atomic mass is 16.2. The number of aromatic nitrogens is 2. The first-order valence-corrected chi connectivity index (χ1v) is 7.29. The number of aryl methyl sites for hydroxylation is 1. The molecule has 1 heterocycles. The summed E-state index contributed by atoms with van der Waals surface area (Å²) in [4.78, 5) is 29.4. The Balaban J connectivity index is 1.92. The van der Waals surface area contributed by atoms with Crippen LogP contribution in [0.2, 0.25) is 0 Å². The minimum atomic E-state index is -0.859. The fourth-order valence-corrected chi connectivity index (χ4v) is 4.11. The van der Waals surface area contributed by atoms with Crippen LogP contribution in [0.4, 0.5) is 5.95 Å². The van der Waals surface area contributed by atoms with E-state index in [4.69, 9.17) is 0 Å². The molecule has 20 heavy (non-hydrogen) atoms. The van der Waals surface area contributed by atoms with E-state index in [0.29, 0.717) is 24.7 Å². The maximum Gasteiger partial charge on any atom is 0.240 e. The van der Waals surface area contributed by atoms with Crippen molar-refractivity contribution in [3.63, 3.8) is 0 Å². The predicted molar refractivity (Wildman–Crippen MR) is 75.1 cm³/mol. The number of hydrogen-bond acceptors (Lipinski definition) is 3. The third kappa shape index (κ3) is 1.46. The van der Waals surface area contributed by atoms with Crippen molar-refractivity contribution in [3.8, 4) is 0 Å². The summed E-state index contributed by atoms with van der Waals surface area (Å²) in [6, 6.07) is 0. The van der Waals surface area contributed by atoms with Gasteiger partial charge in [0, 0.05) is 25.4 Å². The van der Waals surface area contributed by atoms with Crippen molar-refractivity contribution >= 4 is 17.6 Å². The van der Waals surface area contributed by atoms with Gasteiger partial charge in [-0.3, -0.25) is 14.9 Å². The summed E-state index contributed by atoms with van der Waals surface area (Å²) in [6.45, 7) is 6.84. The van der Waals surface area contributed by atoms with Crippen LogP contribution in [0.3, 0.4) is 0 Å². The largest absolute Gasteiger partial charge is 0.317 e. The van der Waals surface area contributed by atoms with Gasteiger partial charge in [0.2, 0.25) is 11.9 Å². The van der Waals surface area contributed by atoms with E-state index in [1.165, 1.54) is 0 Å². The molecule has 2 atom stereocenters. The van der Waals surface area contributed by atoms with E-state index < -0.39 is 5.41 Å². The molecular formula is C15H21N3O2. The molecule has 2 saturated carbocycles. The zero-order chi connectivity index (χ0) is 14.5. The van der Waals surface area contributed by atoms with Gasteiger partial charge in [-0.05, 0) is 31.1 Å². The summed E-state index contributed by atoms with van der Waals surface area (Å²) in [6.07, 6.45) is 5.67. The maximum absolute atomic E-state index is 12.8. The number of Topliss-reactive ketones (excluding diaryl/α,β-unsaturated/α-hetero) is 1. The number of amides is 1. The summed E-state index contributed by atoms with van der Waals surface area (Å²) < 4.78 is 1.87. The summed E-state index contributed by atoms with van der Waals surface area (Å²) in [7, 11) is 0. The van der Waals surface area contributed by atoms with Gasteiger partial charge >= 0.3 is 0 Å². The van der Waals surface area contributed by atoms with Gasteiger partial charge in [0.1, 0.15) is 11.2 Å². The summed E-state index contributed by atoms with van der Waals surface area (Å²) in [5.74, 6) is 0.803. The third-order valence-electron chi connectivity index (χ3n) is 5.57. The molecular weight excluding hydrogens is 254 g/mol. The van der Waals surface area contributed by atoms with Crippen LogP contribution in [0, 0.1) is 16.7 Å². The molecule has 2 bridgehead atoms. The minimum Gasteiger partial charge on any atom is -0.317 e. The van der Waals surface area contributed by atoms with Crippen LogP contribution in [0.15, 0.2) is 12.4 Å². The van der Waals surface area contributed by atoms with Crippen LogP contribution in [-0.2, 0) is 16.1 Å². The number of rotatable bonds is 3. The average Bonchev–Trinajstić information content (AvgIpc) is 2.99. The van der Waals surface area contributed by atoms with E-state index in [0.717, 1.165) is 13.0 Å². The first kappa shape index (κ1) is 13.3. The van der Waals surface area contributed by atoms with Gasteiger partial charge in [-0.1, -0.05) is 13.8 Å². The maximum atomic E-state index is 12.8. The molecule has 2 unspecified atom stereocenters. The number of carbonyl (C=O) groups is 2. The lowest BCUT2D eigenvalue weighted by Gasteiger charge is -2.34. The minimum absolute atomic E-state index is 0.103. The first-order valence-electron chi connectivity index (χ1n) is 7.29. The number of imidazole rings is 1. The molecule has 2 aliphatic rings. The zero-order valence-corrected chi connectivity index (χ0v) is 12.3. The Bertz CT molecular complexity index is 575. The number of anilines is 1. The Morgan fingerprint density at radius 1 is 1.55 bits per heavy atom. The molecule has 108 valence electrons. The number of hydrogen-bond donors (Lipinski definition) is 1. The Hall–Kier alpha value is -1.65. The fourth-order valence-electron chi connectivity index (χ4n) is 4.11. The Labute approximate surface area is 118 Å². The molecule has 1 N–H and O–H groups in total. The molecule has 1 aromatic rings. The van der Waals surface area contributed by atoms with Crippen molar-refractivity contribution in [2.75, 3.05) is 5.32 Å². The molecule has 1 aromatic heterocycles. The van der Waals surface area contributed by atoms with Crippen LogP contribution in [0.1, 0.15) is 40.0 Å².